The van der Waals surface area contributed by atoms with Crippen molar-refractivity contribution in [2.75, 3.05) is 44.2 Å². The molecule has 0 rings (SSSR count). The number of hydroxylamine groups is 6. The summed E-state index contributed by atoms with van der Waals surface area (Å²) in [6.07, 6.45) is 6.24. The van der Waals surface area contributed by atoms with Crippen LogP contribution < -0.4 is 35.6 Å². The van der Waals surface area contributed by atoms with Crippen LogP contribution in [-0.2, 0) is 24.0 Å². The molecule has 0 fully saturated rings. The molecular weight excluding hydrogens is 651 g/mol. The molecule has 0 aromatic heterocycles. The maximum atomic E-state index is 12.0. The zero-order valence-corrected chi connectivity index (χ0v) is 26.7. The fraction of sp³-hybridized carbons (Fsp3) is 0.808. The van der Waals surface area contributed by atoms with E-state index in [1.54, 1.807) is 0 Å². The molecule has 0 unspecified atom stereocenters. The Balaban J connectivity index is 3.75. The first-order valence-corrected chi connectivity index (χ1v) is 17.5. The summed E-state index contributed by atoms with van der Waals surface area (Å²) < 4.78 is 3.32. The van der Waals surface area contributed by atoms with Crippen LogP contribution in [0.3, 0.4) is 0 Å². The Labute approximate surface area is 254 Å². The van der Waals surface area contributed by atoms with E-state index in [9.17, 15) is 39.6 Å². The van der Waals surface area contributed by atoms with Crippen molar-refractivity contribution < 1.29 is 61.1 Å². The molecule has 0 spiro atoms. The molecule has 0 radical (unpaired) electrons. The second-order valence-electron chi connectivity index (χ2n) is 9.63. The first-order valence-electron chi connectivity index (χ1n) is 14.3. The van der Waals surface area contributed by atoms with Gasteiger partial charge < -0.3 is 5.32 Å². The number of carbonyl (C=O) groups is 5. The Morgan fingerprint density at radius 1 is 0.561 bits per heavy atom. The molecule has 0 aromatic rings. The van der Waals surface area contributed by atoms with Crippen LogP contribution in [0.5, 0.6) is 0 Å². The van der Waals surface area contributed by atoms with E-state index in [0.717, 1.165) is 25.8 Å². The quantitative estimate of drug-likeness (QED) is 0.0159. The zero-order chi connectivity index (χ0) is 30.9. The predicted octanol–water partition coefficient (Wildman–Crippen LogP) is -1.81. The Kier molecular flexibility index (Phi) is 24.3. The molecule has 0 bridgehead atoms. The molecule has 14 nitrogen and oxygen atoms in total. The number of nitrogens with one attached hydrogen (secondary N) is 3. The number of alkyl halides is 1. The number of rotatable bonds is 25. The molecule has 0 saturated carbocycles. The Morgan fingerprint density at radius 3 is 1.34 bits per heavy atom. The van der Waals surface area contributed by atoms with Gasteiger partial charge in [-0.15, -0.1) is 0 Å². The number of nitrogens with zero attached hydrogens (tertiary/aromatic N) is 3. The normalized spacial score (nSPS) is 10.8. The van der Waals surface area contributed by atoms with Gasteiger partial charge in [0.05, 0.1) is 0 Å². The molecule has 0 aliphatic rings. The van der Waals surface area contributed by atoms with Gasteiger partial charge in [-0.1, -0.05) is 0 Å². The maximum absolute atomic E-state index is 12.0. The van der Waals surface area contributed by atoms with Gasteiger partial charge in [-0.3, -0.25) is 24.8 Å². The summed E-state index contributed by atoms with van der Waals surface area (Å²) in [6.45, 7) is 3.68. The van der Waals surface area contributed by atoms with Crippen molar-refractivity contribution >= 4 is 29.5 Å². The van der Waals surface area contributed by atoms with Crippen LogP contribution in [0, 0.1) is 0 Å². The van der Waals surface area contributed by atoms with Crippen molar-refractivity contribution in [2.24, 2.45) is 0 Å². The third kappa shape index (κ3) is 23.2. The standard InChI is InChI=1S/C26H50IN6O8/c1-22(34)31(39)19-9-3-6-16-28-23(35)12-14-25(37)32(40)20-10-4-7-17-29-24(36)13-15-26(38)33(41)21-11-5-8-18-30-27-2/h30,39-41H,3-21H2,1-2H3,(H,28,35)(H,29,36)/q-1. The average molecular weight is 702 g/mol. The molecule has 5 amide bonds. The molecule has 0 heterocycles. The fourth-order valence-electron chi connectivity index (χ4n) is 3.59. The smallest absolute Gasteiger partial charge is 0.356 e. The van der Waals surface area contributed by atoms with Crippen LogP contribution in [0.25, 0.3) is 0 Å². The molecule has 0 aliphatic carbocycles. The van der Waals surface area contributed by atoms with Crippen LogP contribution >= 0.6 is 0 Å². The van der Waals surface area contributed by atoms with Crippen LogP contribution in [0.2, 0.25) is 0 Å². The topological polar surface area (TPSA) is 192 Å². The Hall–Kier alpha value is -2.08. The van der Waals surface area contributed by atoms with E-state index in [1.807, 2.05) is 0 Å². The van der Waals surface area contributed by atoms with E-state index in [4.69, 9.17) is 0 Å². The third-order valence-corrected chi connectivity index (χ3v) is 7.39. The van der Waals surface area contributed by atoms with Crippen molar-refractivity contribution in [3.05, 3.63) is 0 Å². The first-order chi connectivity index (χ1) is 19.6. The Bertz CT molecular complexity index is 776. The number of carbonyl (C=O) groups excluding carboxylic acids is 5. The first kappa shape index (κ1) is 38.9. The summed E-state index contributed by atoms with van der Waals surface area (Å²) in [5, 5.41) is 36.3. The minimum atomic E-state index is -0.544. The van der Waals surface area contributed by atoms with Gasteiger partial charge in [0.1, 0.15) is 0 Å². The molecule has 0 aliphatic heterocycles. The van der Waals surface area contributed by atoms with Gasteiger partial charge in [-0.05, 0) is 38.5 Å². The van der Waals surface area contributed by atoms with E-state index in [0.29, 0.717) is 66.8 Å². The number of hydrogen-bond acceptors (Lipinski definition) is 9. The number of amides is 5. The van der Waals surface area contributed by atoms with Gasteiger partial charge in [-0.2, -0.15) is 0 Å². The molecule has 6 N–H and O–H groups in total. The second kappa shape index (κ2) is 25.6. The van der Waals surface area contributed by atoms with Crippen molar-refractivity contribution in [3.8, 4) is 0 Å². The minimum Gasteiger partial charge on any atom is -0.356 e. The SMILES string of the molecule is C[I-]NCCCCCN(O)C(=O)CCC(=O)NCCCCCN(O)C(=O)CCC(=O)NCCCCCN(O)C(C)=O. The van der Waals surface area contributed by atoms with Crippen molar-refractivity contribution in [1.82, 2.24) is 29.4 Å². The summed E-state index contributed by atoms with van der Waals surface area (Å²) in [4.78, 5) is 60.8. The van der Waals surface area contributed by atoms with E-state index in [2.05, 4.69) is 19.1 Å². The zero-order valence-electron chi connectivity index (χ0n) is 24.5. The van der Waals surface area contributed by atoms with E-state index in [-0.39, 0.29) is 78.6 Å². The average Bonchev–Trinajstić information content (AvgIpc) is 2.95. The molecule has 240 valence electrons. The van der Waals surface area contributed by atoms with Gasteiger partial charge >= 0.3 is 112 Å². The number of hydrogen-bond donors (Lipinski definition) is 6. The van der Waals surface area contributed by atoms with Gasteiger partial charge in [0.2, 0.25) is 17.7 Å². The van der Waals surface area contributed by atoms with E-state index >= 15 is 0 Å². The van der Waals surface area contributed by atoms with Crippen LogP contribution in [0.4, 0.5) is 0 Å². The summed E-state index contributed by atoms with van der Waals surface area (Å²) in [7, 11) is 0. The molecule has 0 atom stereocenters. The van der Waals surface area contributed by atoms with E-state index < -0.39 is 17.7 Å². The van der Waals surface area contributed by atoms with Gasteiger partial charge in [-0.25, -0.2) is 10.1 Å². The van der Waals surface area contributed by atoms with Crippen molar-refractivity contribution in [3.63, 3.8) is 0 Å². The molecule has 15 heteroatoms. The Morgan fingerprint density at radius 2 is 0.951 bits per heavy atom. The monoisotopic (exact) mass is 701 g/mol. The predicted molar refractivity (Wildman–Crippen MR) is 146 cm³/mol. The van der Waals surface area contributed by atoms with Gasteiger partial charge in [0, 0.05) is 45.9 Å². The van der Waals surface area contributed by atoms with Crippen molar-refractivity contribution in [1.29, 1.82) is 0 Å². The van der Waals surface area contributed by atoms with Crippen molar-refractivity contribution in [2.45, 2.75) is 90.4 Å². The summed E-state index contributed by atoms with van der Waals surface area (Å²) in [5.41, 5.74) is 0. The number of unbranched alkanes of at least 4 members (excludes halogenated alkanes) is 6. The van der Waals surface area contributed by atoms with Gasteiger partial charge in [0.25, 0.3) is 0 Å². The fourth-order valence-corrected chi connectivity index (χ4v) is 4.51. The molecule has 41 heavy (non-hydrogen) atoms. The summed E-state index contributed by atoms with van der Waals surface area (Å²) in [6, 6.07) is 0. The molecule has 0 aromatic carbocycles. The summed E-state index contributed by atoms with van der Waals surface area (Å²) in [5.74, 6) is -2.00. The van der Waals surface area contributed by atoms with Crippen LogP contribution in [-0.4, -0.2) is 105 Å². The molecule has 0 saturated heterocycles. The van der Waals surface area contributed by atoms with Gasteiger partial charge in [0.15, 0.2) is 0 Å². The minimum absolute atomic E-state index is 0.00392. The van der Waals surface area contributed by atoms with Crippen LogP contribution in [0.15, 0.2) is 0 Å². The summed E-state index contributed by atoms with van der Waals surface area (Å²) >= 11 is 0.0801. The molecular formula is C26H50IN6O8-. The second-order valence-corrected chi connectivity index (χ2v) is 11.5. The number of halogens is 1. The third-order valence-electron chi connectivity index (χ3n) is 6.08. The van der Waals surface area contributed by atoms with Crippen LogP contribution in [0.1, 0.15) is 90.4 Å². The van der Waals surface area contributed by atoms with E-state index in [1.165, 1.54) is 6.92 Å².